The van der Waals surface area contributed by atoms with E-state index in [0.29, 0.717) is 23.4 Å². The van der Waals surface area contributed by atoms with Crippen LogP contribution >= 0.6 is 0 Å². The van der Waals surface area contributed by atoms with Gasteiger partial charge in [0.25, 0.3) is 5.91 Å². The SMILES string of the molecule is Cc1ccc(-c2ccoc2C(=O)NC2CCN(CCC3(CC(=O)Nc4ccccc4C(=O)O)CCCCC3)CC2)nc1. The molecular weight excluding hydrogens is 532 g/mol. The molecule has 1 saturated carbocycles. The molecule has 0 bridgehead atoms. The fourth-order valence-corrected chi connectivity index (χ4v) is 6.39. The largest absolute Gasteiger partial charge is 0.478 e. The minimum atomic E-state index is -1.05. The van der Waals surface area contributed by atoms with E-state index in [1.165, 1.54) is 18.8 Å². The Morgan fingerprint density at radius 1 is 1.05 bits per heavy atom. The molecule has 1 aliphatic heterocycles. The highest BCUT2D eigenvalue weighted by Crippen LogP contribution is 2.43. The second-order valence-electron chi connectivity index (χ2n) is 11.9. The van der Waals surface area contributed by atoms with Crippen LogP contribution in [0.1, 0.15) is 84.3 Å². The number of amides is 2. The van der Waals surface area contributed by atoms with Crippen LogP contribution in [0, 0.1) is 12.3 Å². The number of furan rings is 1. The van der Waals surface area contributed by atoms with E-state index in [9.17, 15) is 19.5 Å². The van der Waals surface area contributed by atoms with Crippen molar-refractivity contribution in [3.63, 3.8) is 0 Å². The molecule has 9 heteroatoms. The zero-order valence-corrected chi connectivity index (χ0v) is 24.2. The number of pyridine rings is 1. The second kappa shape index (κ2) is 13.3. The van der Waals surface area contributed by atoms with Crippen molar-refractivity contribution in [2.75, 3.05) is 25.0 Å². The topological polar surface area (TPSA) is 125 Å². The van der Waals surface area contributed by atoms with Crippen LogP contribution in [-0.4, -0.2) is 58.5 Å². The summed E-state index contributed by atoms with van der Waals surface area (Å²) in [4.78, 5) is 44.6. The van der Waals surface area contributed by atoms with Gasteiger partial charge in [-0.2, -0.15) is 0 Å². The molecule has 42 heavy (non-hydrogen) atoms. The quantitative estimate of drug-likeness (QED) is 0.276. The number of carbonyl (C=O) groups is 3. The predicted molar refractivity (Wildman–Crippen MR) is 160 cm³/mol. The van der Waals surface area contributed by atoms with Crippen molar-refractivity contribution in [3.8, 4) is 11.3 Å². The molecule has 2 fully saturated rings. The molecule has 0 spiro atoms. The van der Waals surface area contributed by atoms with Crippen molar-refractivity contribution >= 4 is 23.5 Å². The Hall–Kier alpha value is -3.98. The van der Waals surface area contributed by atoms with Crippen LogP contribution in [0.4, 0.5) is 5.69 Å². The first-order valence-electron chi connectivity index (χ1n) is 15.0. The van der Waals surface area contributed by atoms with Crippen LogP contribution < -0.4 is 10.6 Å². The average Bonchev–Trinajstić information content (AvgIpc) is 3.48. The number of carbonyl (C=O) groups excluding carboxylic acids is 2. The summed E-state index contributed by atoms with van der Waals surface area (Å²) in [5.41, 5.74) is 2.84. The zero-order chi connectivity index (χ0) is 29.5. The van der Waals surface area contributed by atoms with Gasteiger partial charge in [-0.25, -0.2) is 4.79 Å². The number of benzene rings is 1. The maximum Gasteiger partial charge on any atom is 0.337 e. The first-order chi connectivity index (χ1) is 20.3. The Balaban J connectivity index is 1.12. The number of nitrogens with one attached hydrogen (secondary N) is 2. The molecule has 2 amide bonds. The number of para-hydroxylation sites is 1. The summed E-state index contributed by atoms with van der Waals surface area (Å²) >= 11 is 0. The summed E-state index contributed by atoms with van der Waals surface area (Å²) in [6.07, 6.45) is 11.8. The molecular formula is C33H40N4O5. The molecule has 2 aliphatic rings. The molecule has 0 unspecified atom stereocenters. The first kappa shape index (κ1) is 29.5. The molecule has 222 valence electrons. The maximum absolute atomic E-state index is 13.1. The van der Waals surface area contributed by atoms with Gasteiger partial charge in [0.1, 0.15) is 0 Å². The number of aromatic nitrogens is 1. The molecule has 1 aliphatic carbocycles. The zero-order valence-electron chi connectivity index (χ0n) is 24.2. The lowest BCUT2D eigenvalue weighted by atomic mass is 9.69. The highest BCUT2D eigenvalue weighted by Gasteiger charge is 2.35. The van der Waals surface area contributed by atoms with Gasteiger partial charge in [0.05, 0.1) is 28.8 Å². The lowest BCUT2D eigenvalue weighted by Crippen LogP contribution is -2.45. The van der Waals surface area contributed by atoms with Gasteiger partial charge in [0.15, 0.2) is 0 Å². The minimum absolute atomic E-state index is 0.0707. The van der Waals surface area contributed by atoms with Crippen LogP contribution in [0.5, 0.6) is 0 Å². The van der Waals surface area contributed by atoms with Crippen molar-refractivity contribution in [1.29, 1.82) is 0 Å². The van der Waals surface area contributed by atoms with Gasteiger partial charge >= 0.3 is 5.97 Å². The summed E-state index contributed by atoms with van der Waals surface area (Å²) in [5.74, 6) is -1.10. The molecule has 3 heterocycles. The summed E-state index contributed by atoms with van der Waals surface area (Å²) in [7, 11) is 0. The standard InChI is InChI=1S/C33H40N4O5/c1-23-9-10-27(34-22-23)25-13-20-42-30(25)31(39)35-24-11-17-37(18-12-24)19-16-33(14-5-2-6-15-33)21-29(38)36-28-8-4-3-7-26(28)32(40)41/h3-4,7-10,13,20,22,24H,2,5-6,11-12,14-19,21H2,1H3,(H,35,39)(H,36,38)(H,40,41). The number of rotatable bonds is 10. The number of aromatic carboxylic acids is 1. The van der Waals surface area contributed by atoms with E-state index >= 15 is 0 Å². The summed E-state index contributed by atoms with van der Waals surface area (Å²) < 4.78 is 5.55. The normalized spacial score (nSPS) is 17.5. The molecule has 3 aromatic rings. The third-order valence-corrected chi connectivity index (χ3v) is 8.82. The van der Waals surface area contributed by atoms with Crippen molar-refractivity contribution in [1.82, 2.24) is 15.2 Å². The number of hydrogen-bond acceptors (Lipinski definition) is 6. The summed E-state index contributed by atoms with van der Waals surface area (Å²) in [5, 5.41) is 15.5. The van der Waals surface area contributed by atoms with Gasteiger partial charge < -0.3 is 25.1 Å². The second-order valence-corrected chi connectivity index (χ2v) is 11.9. The number of aryl methyl sites for hydroxylation is 1. The van der Waals surface area contributed by atoms with Gasteiger partial charge in [-0.3, -0.25) is 14.6 Å². The molecule has 1 aromatic carbocycles. The number of piperidine rings is 1. The lowest BCUT2D eigenvalue weighted by Gasteiger charge is -2.40. The molecule has 3 N–H and O–H groups in total. The van der Waals surface area contributed by atoms with Gasteiger partial charge in [-0.15, -0.1) is 0 Å². The number of carboxylic acid groups (broad SMARTS) is 1. The smallest absolute Gasteiger partial charge is 0.337 e. The number of carboxylic acids is 1. The highest BCUT2D eigenvalue weighted by molar-refractivity contribution is 6.00. The van der Waals surface area contributed by atoms with Crippen LogP contribution in [0.25, 0.3) is 11.3 Å². The lowest BCUT2D eigenvalue weighted by molar-refractivity contribution is -0.119. The Kier molecular flexibility index (Phi) is 9.37. The van der Waals surface area contributed by atoms with Crippen LogP contribution in [0.2, 0.25) is 0 Å². The monoisotopic (exact) mass is 572 g/mol. The average molecular weight is 573 g/mol. The first-order valence-corrected chi connectivity index (χ1v) is 15.0. The maximum atomic E-state index is 13.1. The van der Waals surface area contributed by atoms with Gasteiger partial charge in [0, 0.05) is 31.7 Å². The highest BCUT2D eigenvalue weighted by atomic mass is 16.4. The molecule has 0 radical (unpaired) electrons. The fraction of sp³-hybridized carbons (Fsp3) is 0.455. The van der Waals surface area contributed by atoms with E-state index in [-0.39, 0.29) is 34.6 Å². The Labute approximate surface area is 246 Å². The van der Waals surface area contributed by atoms with Crippen molar-refractivity contribution in [3.05, 3.63) is 71.8 Å². The van der Waals surface area contributed by atoms with Crippen molar-refractivity contribution in [2.45, 2.75) is 70.8 Å². The molecule has 0 atom stereocenters. The van der Waals surface area contributed by atoms with Crippen LogP contribution in [-0.2, 0) is 4.79 Å². The molecule has 1 saturated heterocycles. The summed E-state index contributed by atoms with van der Waals surface area (Å²) in [6.45, 7) is 4.64. The van der Waals surface area contributed by atoms with E-state index in [1.54, 1.807) is 30.5 Å². The Bertz CT molecular complexity index is 1390. The Morgan fingerprint density at radius 2 is 1.81 bits per heavy atom. The Morgan fingerprint density at radius 3 is 2.52 bits per heavy atom. The van der Waals surface area contributed by atoms with E-state index in [4.69, 9.17) is 4.42 Å². The van der Waals surface area contributed by atoms with E-state index < -0.39 is 5.97 Å². The number of anilines is 1. The predicted octanol–water partition coefficient (Wildman–Crippen LogP) is 5.91. The number of nitrogens with zero attached hydrogens (tertiary/aromatic N) is 2. The van der Waals surface area contributed by atoms with Gasteiger partial charge in [0.2, 0.25) is 11.7 Å². The molecule has 9 nitrogen and oxygen atoms in total. The van der Waals surface area contributed by atoms with Crippen LogP contribution in [0.3, 0.4) is 0 Å². The van der Waals surface area contributed by atoms with Crippen molar-refractivity contribution < 1.29 is 23.9 Å². The number of likely N-dealkylation sites (tertiary alicyclic amines) is 1. The molecule has 5 rings (SSSR count). The van der Waals surface area contributed by atoms with E-state index in [2.05, 4.69) is 20.5 Å². The van der Waals surface area contributed by atoms with E-state index in [0.717, 1.165) is 70.1 Å². The van der Waals surface area contributed by atoms with Crippen LogP contribution in [0.15, 0.2) is 59.3 Å². The minimum Gasteiger partial charge on any atom is -0.478 e. The third kappa shape index (κ3) is 7.26. The summed E-state index contributed by atoms with van der Waals surface area (Å²) in [6, 6.07) is 12.3. The number of hydrogen-bond donors (Lipinski definition) is 3. The van der Waals surface area contributed by atoms with Gasteiger partial charge in [-0.1, -0.05) is 37.5 Å². The third-order valence-electron chi connectivity index (χ3n) is 8.82. The van der Waals surface area contributed by atoms with Crippen molar-refractivity contribution in [2.24, 2.45) is 5.41 Å². The van der Waals surface area contributed by atoms with Gasteiger partial charge in [-0.05, 0) is 80.8 Å². The fourth-order valence-electron chi connectivity index (χ4n) is 6.39. The molecule has 2 aromatic heterocycles. The van der Waals surface area contributed by atoms with E-state index in [1.807, 2.05) is 19.1 Å².